The molecule has 3 aromatic rings. The summed E-state index contributed by atoms with van der Waals surface area (Å²) in [5.74, 6) is 0. The van der Waals surface area contributed by atoms with Crippen LogP contribution in [0.5, 0.6) is 0 Å². The van der Waals surface area contributed by atoms with Gasteiger partial charge in [-0.05, 0) is 24.6 Å². The average Bonchev–Trinajstić information content (AvgIpc) is 2.83. The number of rotatable bonds is 3. The van der Waals surface area contributed by atoms with E-state index in [2.05, 4.69) is 35.3 Å². The first-order valence-electron chi connectivity index (χ1n) is 6.86. The van der Waals surface area contributed by atoms with Gasteiger partial charge in [0.2, 0.25) is 0 Å². The number of nitriles is 1. The third-order valence-electron chi connectivity index (χ3n) is 3.48. The minimum Gasteiger partial charge on any atom is -0.302 e. The lowest BCUT2D eigenvalue weighted by Crippen LogP contribution is -1.93. The molecule has 102 valence electrons. The Hall–Kier alpha value is -2.86. The number of pyridine rings is 1. The molecule has 0 spiro atoms. The lowest BCUT2D eigenvalue weighted by atomic mass is 10.1. The standard InChI is InChI=1S/C18H15N3/c1-14-17(11-12-19)21-13-5-8-16(18(21)20-14)10-9-15-6-3-2-4-7-15/h2-10,13H,11H2,1H3/b10-9+. The van der Waals surface area contributed by atoms with Gasteiger partial charge in [0.15, 0.2) is 0 Å². The van der Waals surface area contributed by atoms with Crippen LogP contribution in [0.1, 0.15) is 22.5 Å². The third kappa shape index (κ3) is 2.56. The highest BCUT2D eigenvalue weighted by Crippen LogP contribution is 2.18. The molecule has 3 heteroatoms. The van der Waals surface area contributed by atoms with Crippen LogP contribution >= 0.6 is 0 Å². The molecule has 0 bridgehead atoms. The summed E-state index contributed by atoms with van der Waals surface area (Å²) in [5, 5.41) is 8.94. The van der Waals surface area contributed by atoms with Crippen molar-refractivity contribution in [1.82, 2.24) is 9.38 Å². The minimum atomic E-state index is 0.374. The Kier molecular flexibility index (Phi) is 3.53. The van der Waals surface area contributed by atoms with E-state index in [0.29, 0.717) is 6.42 Å². The fourth-order valence-electron chi connectivity index (χ4n) is 2.42. The smallest absolute Gasteiger partial charge is 0.144 e. The summed E-state index contributed by atoms with van der Waals surface area (Å²) in [6, 6.07) is 16.4. The minimum absolute atomic E-state index is 0.374. The number of aryl methyl sites for hydroxylation is 1. The van der Waals surface area contributed by atoms with Crippen LogP contribution in [0.25, 0.3) is 17.8 Å². The number of imidazole rings is 1. The number of aromatic nitrogens is 2. The molecule has 2 aromatic heterocycles. The zero-order valence-electron chi connectivity index (χ0n) is 11.8. The zero-order chi connectivity index (χ0) is 14.7. The molecule has 0 N–H and O–H groups in total. The van der Waals surface area contributed by atoms with Crippen molar-refractivity contribution < 1.29 is 0 Å². The molecule has 3 rings (SSSR count). The summed E-state index contributed by atoms with van der Waals surface area (Å²) in [4.78, 5) is 4.60. The van der Waals surface area contributed by atoms with Crippen molar-refractivity contribution in [3.05, 3.63) is 71.2 Å². The third-order valence-corrected chi connectivity index (χ3v) is 3.48. The van der Waals surface area contributed by atoms with Crippen molar-refractivity contribution in [3.8, 4) is 6.07 Å². The molecule has 0 saturated heterocycles. The summed E-state index contributed by atoms with van der Waals surface area (Å²) < 4.78 is 2.00. The maximum Gasteiger partial charge on any atom is 0.144 e. The van der Waals surface area contributed by atoms with Gasteiger partial charge in [0.1, 0.15) is 5.65 Å². The van der Waals surface area contributed by atoms with Gasteiger partial charge in [-0.3, -0.25) is 0 Å². The predicted octanol–water partition coefficient (Wildman–Crippen LogP) is 3.88. The largest absolute Gasteiger partial charge is 0.302 e. The van der Waals surface area contributed by atoms with Crippen LogP contribution in [-0.4, -0.2) is 9.38 Å². The van der Waals surface area contributed by atoms with Crippen molar-refractivity contribution in [3.63, 3.8) is 0 Å². The van der Waals surface area contributed by atoms with E-state index in [1.807, 2.05) is 47.9 Å². The molecule has 0 amide bonds. The molecule has 0 aliphatic heterocycles. The van der Waals surface area contributed by atoms with Crippen molar-refractivity contribution in [2.45, 2.75) is 13.3 Å². The molecule has 2 heterocycles. The predicted molar refractivity (Wildman–Crippen MR) is 84.6 cm³/mol. The Morgan fingerprint density at radius 1 is 1.14 bits per heavy atom. The van der Waals surface area contributed by atoms with Crippen LogP contribution in [0.3, 0.4) is 0 Å². The van der Waals surface area contributed by atoms with E-state index in [4.69, 9.17) is 5.26 Å². The molecule has 0 radical (unpaired) electrons. The Labute approximate surface area is 123 Å². The second-order valence-corrected chi connectivity index (χ2v) is 4.88. The molecular weight excluding hydrogens is 258 g/mol. The Balaban J connectivity index is 2.06. The summed E-state index contributed by atoms with van der Waals surface area (Å²) in [6.07, 6.45) is 6.47. The lowest BCUT2D eigenvalue weighted by molar-refractivity contribution is 1.04. The van der Waals surface area contributed by atoms with E-state index >= 15 is 0 Å². The van der Waals surface area contributed by atoms with Gasteiger partial charge in [0, 0.05) is 11.8 Å². The van der Waals surface area contributed by atoms with E-state index in [-0.39, 0.29) is 0 Å². The fraction of sp³-hybridized carbons (Fsp3) is 0.111. The van der Waals surface area contributed by atoms with Crippen molar-refractivity contribution in [2.24, 2.45) is 0 Å². The first-order chi connectivity index (χ1) is 10.3. The van der Waals surface area contributed by atoms with Gasteiger partial charge in [-0.1, -0.05) is 42.5 Å². The second-order valence-electron chi connectivity index (χ2n) is 4.88. The maximum absolute atomic E-state index is 8.94. The van der Waals surface area contributed by atoms with Gasteiger partial charge < -0.3 is 4.40 Å². The average molecular weight is 273 g/mol. The summed E-state index contributed by atoms with van der Waals surface area (Å²) >= 11 is 0. The molecule has 1 aromatic carbocycles. The number of fused-ring (bicyclic) bond motifs is 1. The molecule has 0 fully saturated rings. The van der Waals surface area contributed by atoms with E-state index in [1.165, 1.54) is 0 Å². The Morgan fingerprint density at radius 3 is 2.71 bits per heavy atom. The molecule has 0 atom stereocenters. The van der Waals surface area contributed by atoms with Crippen molar-refractivity contribution in [1.29, 1.82) is 5.26 Å². The summed E-state index contributed by atoms with van der Waals surface area (Å²) in [5.41, 5.74) is 4.97. The Morgan fingerprint density at radius 2 is 1.95 bits per heavy atom. The fourth-order valence-corrected chi connectivity index (χ4v) is 2.42. The maximum atomic E-state index is 8.94. The number of hydrogen-bond donors (Lipinski definition) is 0. The van der Waals surface area contributed by atoms with Gasteiger partial charge in [0.25, 0.3) is 0 Å². The highest BCUT2D eigenvalue weighted by Gasteiger charge is 2.09. The first-order valence-corrected chi connectivity index (χ1v) is 6.86. The summed E-state index contributed by atoms with van der Waals surface area (Å²) in [6.45, 7) is 1.95. The molecular formula is C18H15N3. The monoisotopic (exact) mass is 273 g/mol. The van der Waals surface area contributed by atoms with Crippen LogP contribution in [0.4, 0.5) is 0 Å². The molecule has 0 saturated carbocycles. The van der Waals surface area contributed by atoms with Crippen LogP contribution in [0.2, 0.25) is 0 Å². The molecule has 0 aliphatic carbocycles. The first kappa shape index (κ1) is 13.1. The van der Waals surface area contributed by atoms with Crippen LogP contribution in [-0.2, 0) is 6.42 Å². The number of benzene rings is 1. The van der Waals surface area contributed by atoms with Crippen molar-refractivity contribution in [2.75, 3.05) is 0 Å². The Bertz CT molecular complexity index is 836. The van der Waals surface area contributed by atoms with Crippen molar-refractivity contribution >= 4 is 17.8 Å². The van der Waals surface area contributed by atoms with Gasteiger partial charge in [-0.2, -0.15) is 5.26 Å². The number of hydrogen-bond acceptors (Lipinski definition) is 2. The van der Waals surface area contributed by atoms with Gasteiger partial charge in [0.05, 0.1) is 23.9 Å². The molecule has 0 aliphatic rings. The molecule has 0 unspecified atom stereocenters. The van der Waals surface area contributed by atoms with E-state index in [1.54, 1.807) is 0 Å². The molecule has 21 heavy (non-hydrogen) atoms. The van der Waals surface area contributed by atoms with Crippen LogP contribution < -0.4 is 0 Å². The van der Waals surface area contributed by atoms with E-state index in [9.17, 15) is 0 Å². The second kappa shape index (κ2) is 5.64. The topological polar surface area (TPSA) is 41.1 Å². The SMILES string of the molecule is Cc1nc2c(/C=C/c3ccccc3)cccn2c1CC#N. The highest BCUT2D eigenvalue weighted by atomic mass is 15.0. The quantitative estimate of drug-likeness (QED) is 0.726. The summed E-state index contributed by atoms with van der Waals surface area (Å²) in [7, 11) is 0. The van der Waals surface area contributed by atoms with Crippen LogP contribution in [0, 0.1) is 18.3 Å². The normalized spacial score (nSPS) is 11.0. The highest BCUT2D eigenvalue weighted by molar-refractivity contribution is 5.76. The number of nitrogens with zero attached hydrogens (tertiary/aromatic N) is 3. The molecule has 3 nitrogen and oxygen atoms in total. The lowest BCUT2D eigenvalue weighted by Gasteiger charge is -2.00. The van der Waals surface area contributed by atoms with Gasteiger partial charge in [-0.25, -0.2) is 4.98 Å². The van der Waals surface area contributed by atoms with Crippen LogP contribution in [0.15, 0.2) is 48.7 Å². The zero-order valence-corrected chi connectivity index (χ0v) is 11.8. The van der Waals surface area contributed by atoms with Gasteiger partial charge >= 0.3 is 0 Å². The van der Waals surface area contributed by atoms with Gasteiger partial charge in [-0.15, -0.1) is 0 Å². The van der Waals surface area contributed by atoms with E-state index in [0.717, 1.165) is 28.2 Å². The van der Waals surface area contributed by atoms with E-state index < -0.39 is 0 Å².